The minimum absolute atomic E-state index is 0.0520. The van der Waals surface area contributed by atoms with Crippen LogP contribution < -0.4 is 14.4 Å². The Kier molecular flexibility index (Phi) is 5.26. The molecule has 4 rings (SSSR count). The number of sulfonamides is 1. The van der Waals surface area contributed by atoms with E-state index in [2.05, 4.69) is 5.32 Å². The lowest BCUT2D eigenvalue weighted by Crippen LogP contribution is -2.37. The Hall–Kier alpha value is -3.27. The molecule has 0 radical (unpaired) electrons. The number of ether oxygens (including phenoxy) is 1. The van der Waals surface area contributed by atoms with E-state index in [0.29, 0.717) is 17.1 Å². The molecule has 0 aliphatic carbocycles. The van der Waals surface area contributed by atoms with E-state index in [-0.39, 0.29) is 23.7 Å². The highest BCUT2D eigenvalue weighted by molar-refractivity contribution is 7.92. The number of anilines is 3. The van der Waals surface area contributed by atoms with Crippen LogP contribution in [-0.4, -0.2) is 21.6 Å². The van der Waals surface area contributed by atoms with E-state index in [1.165, 1.54) is 30.3 Å². The van der Waals surface area contributed by atoms with Crippen molar-refractivity contribution in [3.05, 3.63) is 78.1 Å². The predicted octanol–water partition coefficient (Wildman–Crippen LogP) is 5.18. The number of benzene rings is 3. The van der Waals surface area contributed by atoms with Gasteiger partial charge in [0.15, 0.2) is 0 Å². The van der Waals surface area contributed by atoms with Gasteiger partial charge >= 0.3 is 6.18 Å². The zero-order chi connectivity index (χ0) is 22.2. The number of alkyl halides is 3. The van der Waals surface area contributed by atoms with Gasteiger partial charge in [0.25, 0.3) is 10.0 Å². The summed E-state index contributed by atoms with van der Waals surface area (Å²) in [6, 6.07) is 13.7. The van der Waals surface area contributed by atoms with Crippen LogP contribution in [0.4, 0.5) is 34.6 Å². The van der Waals surface area contributed by atoms with E-state index in [9.17, 15) is 26.0 Å². The molecule has 1 N–H and O–H groups in total. The van der Waals surface area contributed by atoms with Crippen LogP contribution >= 0.6 is 0 Å². The lowest BCUT2D eigenvalue weighted by Gasteiger charge is -2.31. The summed E-state index contributed by atoms with van der Waals surface area (Å²) < 4.78 is 84.3. The Morgan fingerprint density at radius 1 is 0.903 bits per heavy atom. The first kappa shape index (κ1) is 21.0. The summed E-state index contributed by atoms with van der Waals surface area (Å²) in [6.45, 7) is 0.190. The van der Waals surface area contributed by atoms with Gasteiger partial charge in [-0.1, -0.05) is 0 Å². The molecular formula is C21H16F4N2O3S. The van der Waals surface area contributed by atoms with Crippen molar-refractivity contribution in [1.29, 1.82) is 0 Å². The first-order valence-corrected chi connectivity index (χ1v) is 10.6. The van der Waals surface area contributed by atoms with E-state index in [0.717, 1.165) is 28.6 Å². The maximum atomic E-state index is 13.2. The number of nitrogens with one attached hydrogen (secondary N) is 1. The zero-order valence-electron chi connectivity index (χ0n) is 15.9. The molecule has 162 valence electrons. The molecule has 0 spiro atoms. The molecule has 10 heteroatoms. The number of rotatable bonds is 4. The number of hydrogen-bond acceptors (Lipinski definition) is 4. The summed E-state index contributed by atoms with van der Waals surface area (Å²) in [4.78, 5) is -0.0668. The van der Waals surface area contributed by atoms with Gasteiger partial charge in [0, 0.05) is 11.4 Å². The van der Waals surface area contributed by atoms with E-state index in [1.807, 2.05) is 0 Å². The third-order valence-corrected chi connectivity index (χ3v) is 6.51. The molecular weight excluding hydrogens is 436 g/mol. The van der Waals surface area contributed by atoms with E-state index in [1.54, 1.807) is 12.1 Å². The quantitative estimate of drug-likeness (QED) is 0.555. The highest BCUT2D eigenvalue weighted by Crippen LogP contribution is 2.38. The Bertz CT molecular complexity index is 1190. The minimum atomic E-state index is -4.43. The molecule has 5 nitrogen and oxygen atoms in total. The average Bonchev–Trinajstić information content (AvgIpc) is 2.73. The zero-order valence-corrected chi connectivity index (χ0v) is 16.7. The molecule has 0 unspecified atom stereocenters. The van der Waals surface area contributed by atoms with Gasteiger partial charge < -0.3 is 10.1 Å². The Balaban J connectivity index is 1.64. The molecule has 1 aliphatic rings. The molecule has 3 aromatic rings. The smallest absolute Gasteiger partial charge is 0.416 e. The summed E-state index contributed by atoms with van der Waals surface area (Å²) in [6.07, 6.45) is -4.43. The largest absolute Gasteiger partial charge is 0.489 e. The second kappa shape index (κ2) is 7.77. The van der Waals surface area contributed by atoms with Crippen LogP contribution in [0.15, 0.2) is 71.6 Å². The molecule has 0 amide bonds. The van der Waals surface area contributed by atoms with Crippen LogP contribution in [0.1, 0.15) is 5.56 Å². The van der Waals surface area contributed by atoms with Crippen molar-refractivity contribution in [2.75, 3.05) is 22.8 Å². The Labute approximate surface area is 175 Å². The first-order valence-electron chi connectivity index (χ1n) is 9.14. The minimum Gasteiger partial charge on any atom is -0.489 e. The summed E-state index contributed by atoms with van der Waals surface area (Å²) in [5.74, 6) is -0.209. The monoisotopic (exact) mass is 452 g/mol. The number of nitrogens with zero attached hydrogens (tertiary/aromatic N) is 1. The van der Waals surface area contributed by atoms with Crippen molar-refractivity contribution in [3.63, 3.8) is 0 Å². The Morgan fingerprint density at radius 3 is 2.19 bits per heavy atom. The predicted molar refractivity (Wildman–Crippen MR) is 108 cm³/mol. The summed E-state index contributed by atoms with van der Waals surface area (Å²) in [5, 5.41) is 2.96. The van der Waals surface area contributed by atoms with Crippen molar-refractivity contribution in [1.82, 2.24) is 0 Å². The number of hydrogen-bond donors (Lipinski definition) is 1. The molecule has 0 bridgehead atoms. The van der Waals surface area contributed by atoms with Gasteiger partial charge in [0.05, 0.1) is 22.7 Å². The second-order valence-corrected chi connectivity index (χ2v) is 8.62. The third kappa shape index (κ3) is 4.29. The fourth-order valence-electron chi connectivity index (χ4n) is 3.16. The molecule has 0 saturated heterocycles. The van der Waals surface area contributed by atoms with Crippen LogP contribution in [0.2, 0.25) is 0 Å². The van der Waals surface area contributed by atoms with Crippen molar-refractivity contribution < 1.29 is 30.7 Å². The van der Waals surface area contributed by atoms with E-state index in [4.69, 9.17) is 4.74 Å². The number of halogens is 4. The van der Waals surface area contributed by atoms with Crippen molar-refractivity contribution in [2.24, 2.45) is 0 Å². The normalized spacial score (nSPS) is 14.0. The topological polar surface area (TPSA) is 58.6 Å². The van der Waals surface area contributed by atoms with Gasteiger partial charge in [-0.25, -0.2) is 12.8 Å². The van der Waals surface area contributed by atoms with Crippen LogP contribution in [0, 0.1) is 5.82 Å². The SMILES string of the molecule is O=S(=O)(c1ccc(F)cc1)N1CCOc2ccc(Nc3ccc(C(F)(F)F)cc3)cc21. The molecule has 0 atom stereocenters. The first-order chi connectivity index (χ1) is 14.6. The summed E-state index contributed by atoms with van der Waals surface area (Å²) in [5.41, 5.74) is 0.363. The molecule has 3 aromatic carbocycles. The lowest BCUT2D eigenvalue weighted by molar-refractivity contribution is -0.137. The van der Waals surface area contributed by atoms with Gasteiger partial charge in [-0.2, -0.15) is 13.2 Å². The number of fused-ring (bicyclic) bond motifs is 1. The Morgan fingerprint density at radius 2 is 1.55 bits per heavy atom. The second-order valence-electron chi connectivity index (χ2n) is 6.76. The molecule has 0 saturated carbocycles. The van der Waals surface area contributed by atoms with Crippen LogP contribution in [0.3, 0.4) is 0 Å². The van der Waals surface area contributed by atoms with Crippen molar-refractivity contribution in [2.45, 2.75) is 11.1 Å². The van der Waals surface area contributed by atoms with Crippen LogP contribution in [0.25, 0.3) is 0 Å². The van der Waals surface area contributed by atoms with Crippen molar-refractivity contribution in [3.8, 4) is 5.75 Å². The van der Waals surface area contributed by atoms with Gasteiger partial charge in [-0.3, -0.25) is 4.31 Å². The highest BCUT2D eigenvalue weighted by atomic mass is 32.2. The molecule has 1 heterocycles. The third-order valence-electron chi connectivity index (χ3n) is 4.68. The van der Waals surface area contributed by atoms with Gasteiger partial charge in [-0.15, -0.1) is 0 Å². The van der Waals surface area contributed by atoms with E-state index < -0.39 is 27.6 Å². The molecule has 31 heavy (non-hydrogen) atoms. The maximum absolute atomic E-state index is 13.2. The molecule has 0 fully saturated rings. The van der Waals surface area contributed by atoms with Gasteiger partial charge in [-0.05, 0) is 66.7 Å². The molecule has 1 aliphatic heterocycles. The van der Waals surface area contributed by atoms with Crippen LogP contribution in [-0.2, 0) is 16.2 Å². The summed E-state index contributed by atoms with van der Waals surface area (Å²) >= 11 is 0. The van der Waals surface area contributed by atoms with Crippen molar-refractivity contribution >= 4 is 27.1 Å². The lowest BCUT2D eigenvalue weighted by atomic mass is 10.2. The highest BCUT2D eigenvalue weighted by Gasteiger charge is 2.31. The standard InChI is InChI=1S/C21H16F4N2O3S/c22-15-3-8-18(9-4-15)31(28,29)27-11-12-30-20-10-7-17(13-19(20)27)26-16-5-1-14(2-6-16)21(23,24)25/h1-10,13,26H,11-12H2. The molecule has 0 aromatic heterocycles. The average molecular weight is 452 g/mol. The van der Waals surface area contributed by atoms with Gasteiger partial charge in [0.2, 0.25) is 0 Å². The fraction of sp³-hybridized carbons (Fsp3) is 0.143. The summed E-state index contributed by atoms with van der Waals surface area (Å²) in [7, 11) is -3.97. The fourth-order valence-corrected chi connectivity index (χ4v) is 4.61. The van der Waals surface area contributed by atoms with Gasteiger partial charge in [0.1, 0.15) is 18.2 Å². The maximum Gasteiger partial charge on any atom is 0.416 e. The van der Waals surface area contributed by atoms with E-state index >= 15 is 0 Å². The van der Waals surface area contributed by atoms with Crippen LogP contribution in [0.5, 0.6) is 5.75 Å².